The van der Waals surface area contributed by atoms with Crippen LogP contribution in [-0.4, -0.2) is 39.9 Å². The van der Waals surface area contributed by atoms with Crippen molar-refractivity contribution in [3.05, 3.63) is 59.4 Å². The van der Waals surface area contributed by atoms with Gasteiger partial charge < -0.3 is 19.1 Å². The van der Waals surface area contributed by atoms with E-state index >= 15 is 0 Å². The van der Waals surface area contributed by atoms with Crippen LogP contribution < -0.4 is 4.74 Å². The van der Waals surface area contributed by atoms with Crippen LogP contribution in [0.2, 0.25) is 0 Å². The van der Waals surface area contributed by atoms with Crippen molar-refractivity contribution in [2.45, 2.75) is 38.3 Å². The van der Waals surface area contributed by atoms with Gasteiger partial charge in [-0.3, -0.25) is 0 Å². The van der Waals surface area contributed by atoms with Crippen LogP contribution in [0.1, 0.15) is 23.9 Å². The highest BCUT2D eigenvalue weighted by atomic mass is 19.4. The highest BCUT2D eigenvalue weighted by Crippen LogP contribution is 2.35. The van der Waals surface area contributed by atoms with Crippen molar-refractivity contribution in [1.29, 1.82) is 0 Å². The number of hydrogen-bond acceptors (Lipinski definition) is 4. The van der Waals surface area contributed by atoms with Crippen LogP contribution in [0, 0.1) is 0 Å². The quantitative estimate of drug-likeness (QED) is 0.418. The summed E-state index contributed by atoms with van der Waals surface area (Å²) < 4.78 is 90.4. The van der Waals surface area contributed by atoms with Crippen molar-refractivity contribution in [2.24, 2.45) is 0 Å². The Morgan fingerprint density at radius 3 is 2.29 bits per heavy atom. The number of benzene rings is 2. The van der Waals surface area contributed by atoms with Gasteiger partial charge >= 0.3 is 18.3 Å². The van der Waals surface area contributed by atoms with Crippen molar-refractivity contribution in [2.75, 3.05) is 13.2 Å². The summed E-state index contributed by atoms with van der Waals surface area (Å²) in [5, 5.41) is 9.14. The van der Waals surface area contributed by atoms with Crippen molar-refractivity contribution in [3.63, 3.8) is 0 Å². The summed E-state index contributed by atoms with van der Waals surface area (Å²) in [6.45, 7) is 1.38. The monoisotopic (exact) mass is 490 g/mol. The normalized spacial score (nSPS) is 13.3. The molecule has 1 atom stereocenters. The summed E-state index contributed by atoms with van der Waals surface area (Å²) in [4.78, 5) is 14.6. The van der Waals surface area contributed by atoms with E-state index in [9.17, 15) is 31.1 Å². The minimum Gasteiger partial charge on any atom is -0.492 e. The zero-order valence-electron chi connectivity index (χ0n) is 17.8. The average Bonchev–Trinajstić information content (AvgIpc) is 3.12. The third-order valence-electron chi connectivity index (χ3n) is 4.90. The fourth-order valence-electron chi connectivity index (χ4n) is 3.36. The molecule has 1 unspecified atom stereocenters. The standard InChI is InChI=1S/C22H20F6N2O4/c1-2-33-18(19(31)32)11-13-3-6-15(7-4-13)34-10-9-30-17-8-5-14(21(23,24)25)12-16(17)29-20(30)22(26,27)28/h3-8,12,18H,2,9-11H2,1H3,(H,31,32). The number of halogens is 6. The van der Waals surface area contributed by atoms with Crippen LogP contribution in [0.4, 0.5) is 26.3 Å². The molecule has 0 radical (unpaired) electrons. The van der Waals surface area contributed by atoms with Gasteiger partial charge in [-0.25, -0.2) is 9.78 Å². The van der Waals surface area contributed by atoms with Gasteiger partial charge in [-0.2, -0.15) is 26.3 Å². The fourth-order valence-corrected chi connectivity index (χ4v) is 3.36. The summed E-state index contributed by atoms with van der Waals surface area (Å²) in [7, 11) is 0. The predicted molar refractivity (Wildman–Crippen MR) is 108 cm³/mol. The largest absolute Gasteiger partial charge is 0.492 e. The van der Waals surface area contributed by atoms with E-state index in [0.29, 0.717) is 23.4 Å². The molecular formula is C22H20F6N2O4. The fraction of sp³-hybridized carbons (Fsp3) is 0.364. The molecule has 34 heavy (non-hydrogen) atoms. The molecule has 3 aromatic rings. The number of nitrogens with zero attached hydrogens (tertiary/aromatic N) is 2. The van der Waals surface area contributed by atoms with Crippen LogP contribution in [0.5, 0.6) is 5.75 Å². The van der Waals surface area contributed by atoms with Crippen LogP contribution >= 0.6 is 0 Å². The second kappa shape index (κ2) is 9.92. The molecule has 6 nitrogen and oxygen atoms in total. The highest BCUT2D eigenvalue weighted by molar-refractivity contribution is 5.77. The van der Waals surface area contributed by atoms with Crippen LogP contribution in [0.15, 0.2) is 42.5 Å². The minimum absolute atomic E-state index is 0.102. The molecule has 0 saturated carbocycles. The second-order valence-corrected chi connectivity index (χ2v) is 7.26. The number of rotatable bonds is 9. The molecule has 0 aliphatic rings. The Balaban J connectivity index is 1.73. The molecular weight excluding hydrogens is 470 g/mol. The average molecular weight is 490 g/mol. The lowest BCUT2D eigenvalue weighted by Crippen LogP contribution is -2.26. The Morgan fingerprint density at radius 2 is 1.74 bits per heavy atom. The Morgan fingerprint density at radius 1 is 1.06 bits per heavy atom. The van der Waals surface area contributed by atoms with Gasteiger partial charge in [0.15, 0.2) is 6.10 Å². The molecule has 3 rings (SSSR count). The lowest BCUT2D eigenvalue weighted by atomic mass is 10.1. The highest BCUT2D eigenvalue weighted by Gasteiger charge is 2.38. The first-order valence-corrected chi connectivity index (χ1v) is 10.1. The van der Waals surface area contributed by atoms with Crippen LogP contribution in [-0.2, 0) is 34.8 Å². The molecule has 0 fully saturated rings. The first kappa shape index (κ1) is 25.3. The van der Waals surface area contributed by atoms with E-state index in [2.05, 4.69) is 4.98 Å². The van der Waals surface area contributed by atoms with Gasteiger partial charge in [0.05, 0.1) is 23.1 Å². The van der Waals surface area contributed by atoms with Crippen molar-refractivity contribution >= 4 is 17.0 Å². The summed E-state index contributed by atoms with van der Waals surface area (Å²) in [5.41, 5.74) is -0.957. The van der Waals surface area contributed by atoms with E-state index in [0.717, 1.165) is 10.6 Å². The molecule has 0 amide bonds. The van der Waals surface area contributed by atoms with Gasteiger partial charge in [-0.1, -0.05) is 12.1 Å². The van der Waals surface area contributed by atoms with Gasteiger partial charge in [0.25, 0.3) is 0 Å². The van der Waals surface area contributed by atoms with Gasteiger partial charge in [-0.15, -0.1) is 0 Å². The number of carbonyl (C=O) groups is 1. The molecule has 0 aliphatic heterocycles. The number of fused-ring (bicyclic) bond motifs is 1. The maximum absolute atomic E-state index is 13.4. The molecule has 0 saturated heterocycles. The predicted octanol–water partition coefficient (Wildman–Crippen LogP) is 5.19. The molecule has 1 aromatic heterocycles. The first-order valence-electron chi connectivity index (χ1n) is 10.1. The number of imidazole rings is 1. The Labute approximate surface area is 189 Å². The van der Waals surface area contributed by atoms with Gasteiger partial charge in [0, 0.05) is 13.0 Å². The Hall–Kier alpha value is -3.28. The number of carboxylic acids is 1. The molecule has 2 aromatic carbocycles. The first-order chi connectivity index (χ1) is 15.9. The lowest BCUT2D eigenvalue weighted by Gasteiger charge is -2.14. The van der Waals surface area contributed by atoms with Gasteiger partial charge in [0.1, 0.15) is 12.4 Å². The zero-order valence-corrected chi connectivity index (χ0v) is 17.8. The summed E-state index contributed by atoms with van der Waals surface area (Å²) in [6.07, 6.45) is -10.5. The summed E-state index contributed by atoms with van der Waals surface area (Å²) in [5.74, 6) is -2.10. The molecule has 1 heterocycles. The smallest absolute Gasteiger partial charge is 0.449 e. The number of alkyl halides is 6. The van der Waals surface area contributed by atoms with Crippen LogP contribution in [0.25, 0.3) is 11.0 Å². The maximum Gasteiger partial charge on any atom is 0.449 e. The van der Waals surface area contributed by atoms with E-state index in [4.69, 9.17) is 14.6 Å². The van der Waals surface area contributed by atoms with Gasteiger partial charge in [0.2, 0.25) is 5.82 Å². The maximum atomic E-state index is 13.4. The van der Waals surface area contributed by atoms with Crippen molar-refractivity contribution < 1.29 is 45.7 Å². The molecule has 12 heteroatoms. The van der Waals surface area contributed by atoms with E-state index < -0.39 is 41.3 Å². The third kappa shape index (κ3) is 5.99. The van der Waals surface area contributed by atoms with Crippen molar-refractivity contribution in [1.82, 2.24) is 9.55 Å². The molecule has 0 spiro atoms. The Kier molecular flexibility index (Phi) is 7.39. The molecule has 1 N–H and O–H groups in total. The van der Waals surface area contributed by atoms with Crippen molar-refractivity contribution in [3.8, 4) is 5.75 Å². The lowest BCUT2D eigenvalue weighted by molar-refractivity contribution is -0.150. The van der Waals surface area contributed by atoms with E-state index in [1.165, 1.54) is 12.1 Å². The van der Waals surface area contributed by atoms with Gasteiger partial charge in [-0.05, 0) is 42.8 Å². The number of aliphatic carboxylic acids is 1. The topological polar surface area (TPSA) is 73.6 Å². The number of carboxylic acid groups (broad SMARTS) is 1. The number of hydrogen-bond donors (Lipinski definition) is 1. The molecule has 184 valence electrons. The van der Waals surface area contributed by atoms with E-state index in [-0.39, 0.29) is 31.7 Å². The molecule has 0 bridgehead atoms. The minimum atomic E-state index is -4.87. The SMILES string of the molecule is CCOC(Cc1ccc(OCCn2c(C(F)(F)F)nc3cc(C(F)(F)F)ccc32)cc1)C(=O)O. The molecule has 0 aliphatic carbocycles. The van der Waals surface area contributed by atoms with Crippen LogP contribution in [0.3, 0.4) is 0 Å². The summed E-state index contributed by atoms with van der Waals surface area (Å²) >= 11 is 0. The number of aromatic nitrogens is 2. The zero-order chi connectivity index (χ0) is 25.1. The number of ether oxygens (including phenoxy) is 2. The summed E-state index contributed by atoms with van der Waals surface area (Å²) in [6, 6.07) is 8.51. The van der Waals surface area contributed by atoms with E-state index in [1.54, 1.807) is 19.1 Å². The van der Waals surface area contributed by atoms with E-state index in [1.807, 2.05) is 0 Å². The third-order valence-corrected chi connectivity index (χ3v) is 4.90. The Bertz CT molecular complexity index is 1140. The second-order valence-electron chi connectivity index (χ2n) is 7.26.